The molecule has 4 rings (SSSR count). The van der Waals surface area contributed by atoms with E-state index in [4.69, 9.17) is 9.47 Å². The highest BCUT2D eigenvalue weighted by atomic mass is 79.9. The van der Waals surface area contributed by atoms with Crippen LogP contribution in [-0.2, 0) is 12.0 Å². The van der Waals surface area contributed by atoms with Crippen molar-refractivity contribution in [1.29, 1.82) is 0 Å². The Labute approximate surface area is 142 Å². The van der Waals surface area contributed by atoms with E-state index in [1.54, 1.807) is 7.11 Å². The number of methoxy groups -OCH3 is 1. The Bertz CT molecular complexity index is 579. The number of hydrogen-bond donors (Lipinski definition) is 1. The van der Waals surface area contributed by atoms with Crippen molar-refractivity contribution in [3.63, 3.8) is 0 Å². The van der Waals surface area contributed by atoms with Crippen molar-refractivity contribution in [2.75, 3.05) is 20.7 Å². The van der Waals surface area contributed by atoms with Crippen LogP contribution in [0.25, 0.3) is 0 Å². The lowest BCUT2D eigenvalue weighted by Crippen LogP contribution is -2.45. The molecule has 0 amide bonds. The molecule has 0 saturated heterocycles. The van der Waals surface area contributed by atoms with E-state index < -0.39 is 0 Å². The molecule has 2 aliphatic heterocycles. The van der Waals surface area contributed by atoms with E-state index in [1.807, 2.05) is 6.07 Å². The molecule has 1 fully saturated rings. The van der Waals surface area contributed by atoms with Gasteiger partial charge in [0.25, 0.3) is 0 Å². The average molecular weight is 370 g/mol. The highest BCUT2D eigenvalue weighted by Crippen LogP contribution is 2.57. The molecule has 3 aliphatic rings. The van der Waals surface area contributed by atoms with Crippen LogP contribution in [0.15, 0.2) is 12.1 Å². The standard InChI is InChI=1S/C17H23NO3.BrH/c1-18-8-7-17-6-5-12(19)9-14(17)21-16-13(20-2)4-3-11(10-18)15(16)17;/h3-4,12,14,19H,5-10H2,1-2H3;1H. The summed E-state index contributed by atoms with van der Waals surface area (Å²) in [6.45, 7) is 2.04. The van der Waals surface area contributed by atoms with Crippen molar-refractivity contribution in [3.05, 3.63) is 23.3 Å². The smallest absolute Gasteiger partial charge is 0.165 e. The first-order valence-corrected chi connectivity index (χ1v) is 7.87. The Kier molecular flexibility index (Phi) is 4.16. The van der Waals surface area contributed by atoms with E-state index in [0.717, 1.165) is 50.3 Å². The molecule has 22 heavy (non-hydrogen) atoms. The van der Waals surface area contributed by atoms with Gasteiger partial charge in [0, 0.05) is 23.9 Å². The van der Waals surface area contributed by atoms with Crippen LogP contribution in [0.3, 0.4) is 0 Å². The Morgan fingerprint density at radius 3 is 2.95 bits per heavy atom. The number of ether oxygens (including phenoxy) is 2. The van der Waals surface area contributed by atoms with Crippen molar-refractivity contribution in [3.8, 4) is 11.5 Å². The second-order valence-corrected chi connectivity index (χ2v) is 6.81. The van der Waals surface area contributed by atoms with Crippen molar-refractivity contribution in [1.82, 2.24) is 4.90 Å². The van der Waals surface area contributed by atoms with Gasteiger partial charge in [-0.15, -0.1) is 17.0 Å². The van der Waals surface area contributed by atoms with Gasteiger partial charge in [-0.2, -0.15) is 0 Å². The zero-order valence-corrected chi connectivity index (χ0v) is 14.9. The quantitative estimate of drug-likeness (QED) is 0.826. The van der Waals surface area contributed by atoms with Crippen molar-refractivity contribution < 1.29 is 14.6 Å². The zero-order chi connectivity index (χ0) is 14.6. The molecule has 3 atom stereocenters. The first-order chi connectivity index (χ1) is 10.1. The molecule has 1 aliphatic carbocycles. The van der Waals surface area contributed by atoms with Gasteiger partial charge in [0.1, 0.15) is 6.10 Å². The summed E-state index contributed by atoms with van der Waals surface area (Å²) in [6.07, 6.45) is 3.59. The third kappa shape index (κ3) is 2.17. The zero-order valence-electron chi connectivity index (χ0n) is 13.2. The molecule has 1 spiro atoms. The maximum atomic E-state index is 10.1. The minimum Gasteiger partial charge on any atom is -0.493 e. The van der Waals surface area contributed by atoms with Crippen LogP contribution >= 0.6 is 17.0 Å². The van der Waals surface area contributed by atoms with Crippen LogP contribution in [0.5, 0.6) is 11.5 Å². The number of aliphatic hydroxyl groups is 1. The van der Waals surface area contributed by atoms with Gasteiger partial charge < -0.3 is 19.5 Å². The minimum atomic E-state index is -0.231. The van der Waals surface area contributed by atoms with Crippen molar-refractivity contribution >= 4 is 17.0 Å². The molecule has 5 heteroatoms. The molecule has 1 aromatic rings. The molecule has 1 saturated carbocycles. The third-order valence-corrected chi connectivity index (χ3v) is 5.59. The van der Waals surface area contributed by atoms with Crippen LogP contribution in [0.2, 0.25) is 0 Å². The fourth-order valence-corrected chi connectivity index (χ4v) is 4.50. The number of nitrogens with zero attached hydrogens (tertiary/aromatic N) is 1. The number of aliphatic hydroxyl groups excluding tert-OH is 1. The summed E-state index contributed by atoms with van der Waals surface area (Å²) in [6, 6.07) is 4.22. The number of halogens is 1. The van der Waals surface area contributed by atoms with Gasteiger partial charge in [-0.05, 0) is 44.5 Å². The predicted molar refractivity (Wildman–Crippen MR) is 90.2 cm³/mol. The summed E-state index contributed by atoms with van der Waals surface area (Å²) in [5, 5.41) is 10.1. The summed E-state index contributed by atoms with van der Waals surface area (Å²) in [5.74, 6) is 1.77. The Morgan fingerprint density at radius 1 is 1.36 bits per heavy atom. The first kappa shape index (κ1) is 16.1. The van der Waals surface area contributed by atoms with Crippen molar-refractivity contribution in [2.24, 2.45) is 0 Å². The molecule has 3 unspecified atom stereocenters. The Hall–Kier alpha value is -0.780. The second kappa shape index (κ2) is 5.69. The molecule has 1 aromatic carbocycles. The normalized spacial score (nSPS) is 33.0. The van der Waals surface area contributed by atoms with Gasteiger partial charge in [-0.25, -0.2) is 0 Å². The van der Waals surface area contributed by atoms with Crippen LogP contribution in [-0.4, -0.2) is 42.9 Å². The van der Waals surface area contributed by atoms with Crippen LogP contribution in [0.1, 0.15) is 36.8 Å². The van der Waals surface area contributed by atoms with Gasteiger partial charge in [-0.1, -0.05) is 6.07 Å². The van der Waals surface area contributed by atoms with Crippen LogP contribution in [0.4, 0.5) is 0 Å². The summed E-state index contributed by atoms with van der Waals surface area (Å²) in [5.41, 5.74) is 2.80. The van der Waals surface area contributed by atoms with Gasteiger partial charge >= 0.3 is 0 Å². The van der Waals surface area contributed by atoms with E-state index in [0.29, 0.717) is 0 Å². The average Bonchev–Trinajstić information content (AvgIpc) is 2.72. The highest BCUT2D eigenvalue weighted by Gasteiger charge is 2.54. The van der Waals surface area contributed by atoms with Crippen molar-refractivity contribution in [2.45, 2.75) is 49.9 Å². The lowest BCUT2D eigenvalue weighted by atomic mass is 9.65. The van der Waals surface area contributed by atoms with E-state index in [9.17, 15) is 5.11 Å². The summed E-state index contributed by atoms with van der Waals surface area (Å²) in [4.78, 5) is 2.39. The molecule has 2 heterocycles. The predicted octanol–water partition coefficient (Wildman–Crippen LogP) is 2.65. The summed E-state index contributed by atoms with van der Waals surface area (Å²) < 4.78 is 11.8. The minimum absolute atomic E-state index is 0. The largest absolute Gasteiger partial charge is 0.493 e. The SMILES string of the molecule is Br.COc1ccc2c3c1OC1CC(O)CCC31CCN(C)C2. The van der Waals surface area contributed by atoms with Gasteiger partial charge in [0.2, 0.25) is 0 Å². The van der Waals surface area contributed by atoms with Crippen LogP contribution in [0, 0.1) is 0 Å². The van der Waals surface area contributed by atoms with Gasteiger partial charge in [-0.3, -0.25) is 0 Å². The molecule has 0 aromatic heterocycles. The maximum Gasteiger partial charge on any atom is 0.165 e. The highest BCUT2D eigenvalue weighted by molar-refractivity contribution is 8.93. The van der Waals surface area contributed by atoms with E-state index in [-0.39, 0.29) is 34.6 Å². The van der Waals surface area contributed by atoms with E-state index in [2.05, 4.69) is 18.0 Å². The molecule has 4 nitrogen and oxygen atoms in total. The lowest BCUT2D eigenvalue weighted by molar-refractivity contribution is 0.0120. The number of rotatable bonds is 1. The topological polar surface area (TPSA) is 41.9 Å². The Balaban J connectivity index is 0.00000144. The maximum absolute atomic E-state index is 10.1. The fraction of sp³-hybridized carbons (Fsp3) is 0.647. The molecule has 1 N–H and O–H groups in total. The first-order valence-electron chi connectivity index (χ1n) is 7.87. The second-order valence-electron chi connectivity index (χ2n) is 6.81. The van der Waals surface area contributed by atoms with Gasteiger partial charge in [0.05, 0.1) is 13.2 Å². The third-order valence-electron chi connectivity index (χ3n) is 5.59. The molecule has 0 bridgehead atoms. The van der Waals surface area contributed by atoms with E-state index >= 15 is 0 Å². The fourth-order valence-electron chi connectivity index (χ4n) is 4.50. The van der Waals surface area contributed by atoms with Crippen LogP contribution < -0.4 is 9.47 Å². The molecular formula is C17H24BrNO3. The number of benzene rings is 1. The van der Waals surface area contributed by atoms with E-state index in [1.165, 1.54) is 11.1 Å². The Morgan fingerprint density at radius 2 is 2.18 bits per heavy atom. The summed E-state index contributed by atoms with van der Waals surface area (Å²) in [7, 11) is 3.88. The van der Waals surface area contributed by atoms with Gasteiger partial charge in [0.15, 0.2) is 11.5 Å². The summed E-state index contributed by atoms with van der Waals surface area (Å²) >= 11 is 0. The molecule has 0 radical (unpaired) electrons. The monoisotopic (exact) mass is 369 g/mol. The lowest BCUT2D eigenvalue weighted by Gasteiger charge is -2.40. The molecule has 122 valence electrons. The number of hydrogen-bond acceptors (Lipinski definition) is 4. The molecular weight excluding hydrogens is 346 g/mol.